The van der Waals surface area contributed by atoms with Crippen molar-refractivity contribution in [2.75, 3.05) is 0 Å². The standard InChI is InChI=1S/C19H22FN5O4/c1-18(2,3)28-17(27)23-19(4,5)16-22-14(29-24-16)9-25-10-21-13-8-11(20)6-7-12(13)15(25)26/h6-8,10H,9H2,1-5H3,(H,23,27). The number of nitrogens with zero attached hydrogens (tertiary/aromatic N) is 4. The summed E-state index contributed by atoms with van der Waals surface area (Å²) in [7, 11) is 0. The first kappa shape index (κ1) is 20.4. The summed E-state index contributed by atoms with van der Waals surface area (Å²) in [5.74, 6) is -0.0879. The highest BCUT2D eigenvalue weighted by molar-refractivity contribution is 5.77. The lowest BCUT2D eigenvalue weighted by Crippen LogP contribution is -2.44. The van der Waals surface area contributed by atoms with Gasteiger partial charge < -0.3 is 14.6 Å². The number of fused-ring (bicyclic) bond motifs is 1. The van der Waals surface area contributed by atoms with Crippen molar-refractivity contribution in [3.05, 3.63) is 52.4 Å². The largest absolute Gasteiger partial charge is 0.444 e. The van der Waals surface area contributed by atoms with Gasteiger partial charge >= 0.3 is 6.09 Å². The van der Waals surface area contributed by atoms with E-state index in [1.54, 1.807) is 34.6 Å². The molecule has 0 fully saturated rings. The van der Waals surface area contributed by atoms with E-state index in [2.05, 4.69) is 20.4 Å². The van der Waals surface area contributed by atoms with Crippen LogP contribution in [0.3, 0.4) is 0 Å². The third-order valence-electron chi connectivity index (χ3n) is 3.93. The van der Waals surface area contributed by atoms with Crippen LogP contribution in [0.4, 0.5) is 9.18 Å². The van der Waals surface area contributed by atoms with Crippen molar-refractivity contribution in [1.29, 1.82) is 0 Å². The topological polar surface area (TPSA) is 112 Å². The number of ether oxygens (including phenoxy) is 1. The van der Waals surface area contributed by atoms with Gasteiger partial charge in [0.05, 0.1) is 17.2 Å². The van der Waals surface area contributed by atoms with Crippen molar-refractivity contribution in [3.63, 3.8) is 0 Å². The van der Waals surface area contributed by atoms with Crippen LogP contribution in [0.2, 0.25) is 0 Å². The fourth-order valence-corrected chi connectivity index (χ4v) is 2.58. The van der Waals surface area contributed by atoms with E-state index >= 15 is 0 Å². The van der Waals surface area contributed by atoms with Crippen molar-refractivity contribution < 1.29 is 18.4 Å². The van der Waals surface area contributed by atoms with Crippen molar-refractivity contribution in [2.45, 2.75) is 52.3 Å². The van der Waals surface area contributed by atoms with E-state index in [4.69, 9.17) is 9.26 Å². The summed E-state index contributed by atoms with van der Waals surface area (Å²) in [5, 5.41) is 6.86. The van der Waals surface area contributed by atoms with Gasteiger partial charge in [-0.3, -0.25) is 9.36 Å². The normalized spacial score (nSPS) is 12.2. The van der Waals surface area contributed by atoms with E-state index in [0.29, 0.717) is 0 Å². The van der Waals surface area contributed by atoms with Crippen molar-refractivity contribution in [1.82, 2.24) is 25.0 Å². The molecule has 0 aliphatic rings. The average molecular weight is 403 g/mol. The molecule has 0 saturated carbocycles. The van der Waals surface area contributed by atoms with E-state index in [9.17, 15) is 14.0 Å². The summed E-state index contributed by atoms with van der Waals surface area (Å²) in [5.41, 5.74) is -1.70. The van der Waals surface area contributed by atoms with Gasteiger partial charge in [0.2, 0.25) is 5.89 Å². The second kappa shape index (κ2) is 7.26. The molecule has 0 atom stereocenters. The predicted molar refractivity (Wildman–Crippen MR) is 102 cm³/mol. The van der Waals surface area contributed by atoms with E-state index in [1.165, 1.54) is 29.1 Å². The molecule has 3 aromatic rings. The molecule has 1 amide bonds. The first-order chi connectivity index (χ1) is 13.4. The van der Waals surface area contributed by atoms with Crippen LogP contribution in [0.25, 0.3) is 10.9 Å². The van der Waals surface area contributed by atoms with Crippen molar-refractivity contribution in [3.8, 4) is 0 Å². The van der Waals surface area contributed by atoms with Crippen LogP contribution in [-0.2, 0) is 16.8 Å². The Labute approximate surface area is 165 Å². The molecular weight excluding hydrogens is 381 g/mol. The maximum absolute atomic E-state index is 13.3. The van der Waals surface area contributed by atoms with E-state index < -0.39 is 23.1 Å². The van der Waals surface area contributed by atoms with Crippen LogP contribution >= 0.6 is 0 Å². The zero-order valence-electron chi connectivity index (χ0n) is 16.8. The molecule has 0 saturated heterocycles. The van der Waals surface area contributed by atoms with Gasteiger partial charge in [-0.2, -0.15) is 4.98 Å². The summed E-state index contributed by atoms with van der Waals surface area (Å²) in [6, 6.07) is 3.77. The number of halogens is 1. The zero-order chi connectivity index (χ0) is 21.4. The van der Waals surface area contributed by atoms with Crippen LogP contribution in [0.15, 0.2) is 33.8 Å². The van der Waals surface area contributed by atoms with Gasteiger partial charge in [0.25, 0.3) is 5.56 Å². The monoisotopic (exact) mass is 403 g/mol. The van der Waals surface area contributed by atoms with Crippen LogP contribution in [-0.4, -0.2) is 31.4 Å². The van der Waals surface area contributed by atoms with Gasteiger partial charge in [-0.1, -0.05) is 5.16 Å². The Balaban J connectivity index is 1.79. The molecule has 0 aliphatic carbocycles. The number of hydrogen-bond acceptors (Lipinski definition) is 7. The van der Waals surface area contributed by atoms with Gasteiger partial charge in [-0.25, -0.2) is 14.2 Å². The van der Waals surface area contributed by atoms with Crippen LogP contribution < -0.4 is 10.9 Å². The van der Waals surface area contributed by atoms with Gasteiger partial charge in [-0.15, -0.1) is 0 Å². The highest BCUT2D eigenvalue weighted by atomic mass is 19.1. The summed E-state index contributed by atoms with van der Waals surface area (Å²) in [6.45, 7) is 8.66. The smallest absolute Gasteiger partial charge is 0.408 e. The van der Waals surface area contributed by atoms with Crippen LogP contribution in [0.1, 0.15) is 46.3 Å². The molecule has 2 heterocycles. The van der Waals surface area contributed by atoms with E-state index in [-0.39, 0.29) is 34.7 Å². The second-order valence-corrected chi connectivity index (χ2v) is 8.10. The molecule has 1 N–H and O–H groups in total. The number of nitrogens with one attached hydrogen (secondary N) is 1. The fourth-order valence-electron chi connectivity index (χ4n) is 2.58. The van der Waals surface area contributed by atoms with Gasteiger partial charge in [0, 0.05) is 6.07 Å². The van der Waals surface area contributed by atoms with Crippen molar-refractivity contribution >= 4 is 17.0 Å². The summed E-state index contributed by atoms with van der Waals surface area (Å²) < 4.78 is 25.0. The highest BCUT2D eigenvalue weighted by Crippen LogP contribution is 2.18. The molecule has 0 spiro atoms. The summed E-state index contributed by atoms with van der Waals surface area (Å²) >= 11 is 0. The SMILES string of the molecule is CC(C)(C)OC(=O)NC(C)(C)c1noc(Cn2cnc3cc(F)ccc3c2=O)n1. The average Bonchev–Trinajstić information content (AvgIpc) is 3.04. The highest BCUT2D eigenvalue weighted by Gasteiger charge is 2.31. The third kappa shape index (κ3) is 4.76. The third-order valence-corrected chi connectivity index (χ3v) is 3.93. The maximum Gasteiger partial charge on any atom is 0.408 e. The molecule has 0 aliphatic heterocycles. The number of aromatic nitrogens is 4. The number of amides is 1. The minimum Gasteiger partial charge on any atom is -0.444 e. The van der Waals surface area contributed by atoms with E-state index in [0.717, 1.165) is 0 Å². The van der Waals surface area contributed by atoms with E-state index in [1.807, 2.05) is 0 Å². The number of benzene rings is 1. The Morgan fingerprint density at radius 1 is 1.28 bits per heavy atom. The fraction of sp³-hybridized carbons (Fsp3) is 0.421. The lowest BCUT2D eigenvalue weighted by molar-refractivity contribution is 0.0465. The molecule has 0 unspecified atom stereocenters. The number of rotatable bonds is 4. The number of alkyl carbamates (subject to hydrolysis) is 1. The molecule has 0 bridgehead atoms. The van der Waals surface area contributed by atoms with Crippen LogP contribution in [0.5, 0.6) is 0 Å². The molecule has 2 aromatic heterocycles. The quantitative estimate of drug-likeness (QED) is 0.713. The lowest BCUT2D eigenvalue weighted by Gasteiger charge is -2.26. The molecule has 154 valence electrons. The molecule has 29 heavy (non-hydrogen) atoms. The molecular formula is C19H22FN5O4. The molecule has 3 rings (SSSR count). The Bertz CT molecular complexity index is 1110. The minimum absolute atomic E-state index is 0.0192. The van der Waals surface area contributed by atoms with Gasteiger partial charge in [0.1, 0.15) is 23.5 Å². The van der Waals surface area contributed by atoms with Crippen molar-refractivity contribution in [2.24, 2.45) is 0 Å². The lowest BCUT2D eigenvalue weighted by atomic mass is 10.1. The molecule has 0 radical (unpaired) electrons. The number of carbonyl (C=O) groups excluding carboxylic acids is 1. The first-order valence-corrected chi connectivity index (χ1v) is 8.93. The Kier molecular flexibility index (Phi) is 5.12. The predicted octanol–water partition coefficient (Wildman–Crippen LogP) is 2.73. The first-order valence-electron chi connectivity index (χ1n) is 8.93. The number of hydrogen-bond donors (Lipinski definition) is 1. The Morgan fingerprint density at radius 2 is 2.00 bits per heavy atom. The summed E-state index contributed by atoms with van der Waals surface area (Å²) in [4.78, 5) is 33.0. The van der Waals surface area contributed by atoms with Gasteiger partial charge in [-0.05, 0) is 46.8 Å². The molecule has 9 nitrogen and oxygen atoms in total. The Morgan fingerprint density at radius 3 is 2.69 bits per heavy atom. The zero-order valence-corrected chi connectivity index (χ0v) is 16.8. The maximum atomic E-state index is 13.3. The van der Waals surface area contributed by atoms with Gasteiger partial charge in [0.15, 0.2) is 5.82 Å². The number of carbonyl (C=O) groups is 1. The molecule has 10 heteroatoms. The van der Waals surface area contributed by atoms with Crippen LogP contribution in [0, 0.1) is 5.82 Å². The Hall–Kier alpha value is -3.30. The second-order valence-electron chi connectivity index (χ2n) is 8.10. The summed E-state index contributed by atoms with van der Waals surface area (Å²) in [6.07, 6.45) is 0.675. The minimum atomic E-state index is -0.964. The molecule has 1 aromatic carbocycles.